The Morgan fingerprint density at radius 2 is 2.12 bits per heavy atom. The zero-order chi connectivity index (χ0) is 17.2. The Bertz CT molecular complexity index is 730. The summed E-state index contributed by atoms with van der Waals surface area (Å²) >= 11 is 0. The number of β-amino-alcohol motifs (C(OH)–C–C–N with tert-alkyl or cyclic N) is 1. The van der Waals surface area contributed by atoms with E-state index in [1.54, 1.807) is 0 Å². The average Bonchev–Trinajstić information content (AvgIpc) is 3.31. The molecule has 2 fully saturated rings. The Morgan fingerprint density at radius 1 is 1.28 bits per heavy atom. The summed E-state index contributed by atoms with van der Waals surface area (Å²) in [7, 11) is 0. The molecular formula is C19H24N4O2. The minimum atomic E-state index is -0.409. The number of carbonyl (C=O) groups excluding carboxylic acids is 1. The second-order valence-corrected chi connectivity index (χ2v) is 7.02. The van der Waals surface area contributed by atoms with E-state index in [2.05, 4.69) is 27.4 Å². The van der Waals surface area contributed by atoms with E-state index in [9.17, 15) is 9.90 Å². The van der Waals surface area contributed by atoms with Crippen molar-refractivity contribution >= 4 is 5.91 Å². The van der Waals surface area contributed by atoms with Gasteiger partial charge in [-0.15, -0.1) is 0 Å². The molecule has 1 amide bonds. The minimum Gasteiger partial charge on any atom is -0.392 e. The Hall–Kier alpha value is -2.18. The van der Waals surface area contributed by atoms with E-state index in [4.69, 9.17) is 0 Å². The first-order chi connectivity index (χ1) is 12.2. The van der Waals surface area contributed by atoms with Gasteiger partial charge >= 0.3 is 0 Å². The molecule has 1 aromatic carbocycles. The molecule has 0 saturated carbocycles. The van der Waals surface area contributed by atoms with Gasteiger partial charge in [-0.25, -0.2) is 4.98 Å². The normalized spacial score (nSPS) is 26.8. The number of nitrogens with one attached hydrogen (secondary N) is 2. The third-order valence-corrected chi connectivity index (χ3v) is 5.21. The second kappa shape index (κ2) is 6.98. The van der Waals surface area contributed by atoms with Gasteiger partial charge in [-0.2, -0.15) is 0 Å². The molecular weight excluding hydrogens is 316 g/mol. The third kappa shape index (κ3) is 3.45. The number of hydrogen-bond donors (Lipinski definition) is 3. The zero-order valence-electron chi connectivity index (χ0n) is 14.2. The molecule has 0 radical (unpaired) electrons. The van der Waals surface area contributed by atoms with Crippen LogP contribution in [-0.4, -0.2) is 57.7 Å². The summed E-state index contributed by atoms with van der Waals surface area (Å²) in [6.07, 6.45) is 3.99. The van der Waals surface area contributed by atoms with Crippen LogP contribution < -0.4 is 5.32 Å². The van der Waals surface area contributed by atoms with Crippen molar-refractivity contribution in [3.63, 3.8) is 0 Å². The second-order valence-electron chi connectivity index (χ2n) is 7.02. The molecule has 2 aliphatic rings. The number of aliphatic hydroxyl groups is 1. The minimum absolute atomic E-state index is 0.107. The molecule has 0 aliphatic carbocycles. The summed E-state index contributed by atoms with van der Waals surface area (Å²) in [6, 6.07) is 9.90. The number of aromatic amines is 1. The topological polar surface area (TPSA) is 81.2 Å². The number of rotatable bonds is 3. The molecule has 3 atom stereocenters. The van der Waals surface area contributed by atoms with E-state index in [0.29, 0.717) is 19.5 Å². The number of carbonyl (C=O) groups is 1. The van der Waals surface area contributed by atoms with Gasteiger partial charge < -0.3 is 20.3 Å². The first-order valence-corrected chi connectivity index (χ1v) is 9.01. The van der Waals surface area contributed by atoms with Gasteiger partial charge in [0.25, 0.3) is 0 Å². The number of aliphatic hydroxyl groups excluding tert-OH is 1. The summed E-state index contributed by atoms with van der Waals surface area (Å²) in [5.74, 6) is 1.30. The van der Waals surface area contributed by atoms with Gasteiger partial charge in [0.05, 0.1) is 24.0 Å². The Balaban J connectivity index is 1.45. The summed E-state index contributed by atoms with van der Waals surface area (Å²) in [5.41, 5.74) is 2.13. The quantitative estimate of drug-likeness (QED) is 0.791. The van der Waals surface area contributed by atoms with E-state index in [-0.39, 0.29) is 17.9 Å². The molecule has 1 aromatic heterocycles. The zero-order valence-corrected chi connectivity index (χ0v) is 14.2. The SMILES string of the molecule is O=C([C@@H]1C[C@@H](O)CN1)N1CCC[C@@H](c2ncc(-c3ccccc3)[nH]2)C1. The maximum Gasteiger partial charge on any atom is 0.239 e. The van der Waals surface area contributed by atoms with E-state index in [1.165, 1.54) is 0 Å². The molecule has 2 saturated heterocycles. The fourth-order valence-corrected chi connectivity index (χ4v) is 3.83. The van der Waals surface area contributed by atoms with Crippen molar-refractivity contribution in [2.24, 2.45) is 0 Å². The van der Waals surface area contributed by atoms with Crippen LogP contribution in [0.5, 0.6) is 0 Å². The summed E-state index contributed by atoms with van der Waals surface area (Å²) < 4.78 is 0. The summed E-state index contributed by atoms with van der Waals surface area (Å²) in [4.78, 5) is 22.6. The molecule has 25 heavy (non-hydrogen) atoms. The number of hydrogen-bond acceptors (Lipinski definition) is 4. The maximum absolute atomic E-state index is 12.7. The van der Waals surface area contributed by atoms with E-state index >= 15 is 0 Å². The third-order valence-electron chi connectivity index (χ3n) is 5.21. The lowest BCUT2D eigenvalue weighted by molar-refractivity contribution is -0.134. The van der Waals surface area contributed by atoms with E-state index in [0.717, 1.165) is 36.5 Å². The van der Waals surface area contributed by atoms with Crippen molar-refractivity contribution in [1.29, 1.82) is 0 Å². The van der Waals surface area contributed by atoms with Gasteiger partial charge in [0, 0.05) is 25.6 Å². The van der Waals surface area contributed by atoms with Gasteiger partial charge in [0.2, 0.25) is 5.91 Å². The molecule has 6 nitrogen and oxygen atoms in total. The first kappa shape index (κ1) is 16.3. The Labute approximate surface area is 147 Å². The van der Waals surface area contributed by atoms with Crippen LogP contribution in [0.25, 0.3) is 11.3 Å². The van der Waals surface area contributed by atoms with Crippen molar-refractivity contribution in [3.05, 3.63) is 42.4 Å². The molecule has 3 N–H and O–H groups in total. The molecule has 2 aliphatic heterocycles. The molecule has 2 aromatic rings. The van der Waals surface area contributed by atoms with Crippen LogP contribution in [0, 0.1) is 0 Å². The predicted octanol–water partition coefficient (Wildman–Crippen LogP) is 1.51. The maximum atomic E-state index is 12.7. The van der Waals surface area contributed by atoms with Gasteiger partial charge in [-0.3, -0.25) is 4.79 Å². The fourth-order valence-electron chi connectivity index (χ4n) is 3.83. The van der Waals surface area contributed by atoms with Crippen molar-refractivity contribution in [1.82, 2.24) is 20.2 Å². The van der Waals surface area contributed by atoms with Crippen LogP contribution in [-0.2, 0) is 4.79 Å². The number of amides is 1. The molecule has 132 valence electrons. The van der Waals surface area contributed by atoms with Crippen molar-refractivity contribution in [2.75, 3.05) is 19.6 Å². The van der Waals surface area contributed by atoms with Crippen molar-refractivity contribution < 1.29 is 9.90 Å². The van der Waals surface area contributed by atoms with Crippen molar-refractivity contribution in [3.8, 4) is 11.3 Å². The van der Waals surface area contributed by atoms with Gasteiger partial charge in [-0.1, -0.05) is 30.3 Å². The molecule has 0 unspecified atom stereocenters. The lowest BCUT2D eigenvalue weighted by atomic mass is 9.96. The van der Waals surface area contributed by atoms with E-state index in [1.807, 2.05) is 29.3 Å². The van der Waals surface area contributed by atoms with Crippen LogP contribution in [0.2, 0.25) is 0 Å². The highest BCUT2D eigenvalue weighted by atomic mass is 16.3. The fraction of sp³-hybridized carbons (Fsp3) is 0.474. The highest BCUT2D eigenvalue weighted by Gasteiger charge is 2.34. The highest BCUT2D eigenvalue weighted by molar-refractivity contribution is 5.82. The number of H-pyrrole nitrogens is 1. The molecule has 0 spiro atoms. The monoisotopic (exact) mass is 340 g/mol. The molecule has 3 heterocycles. The predicted molar refractivity (Wildman–Crippen MR) is 95.0 cm³/mol. The van der Waals surface area contributed by atoms with Crippen LogP contribution in [0.3, 0.4) is 0 Å². The lowest BCUT2D eigenvalue weighted by Crippen LogP contribution is -2.47. The number of nitrogens with zero attached hydrogens (tertiary/aromatic N) is 2. The smallest absolute Gasteiger partial charge is 0.239 e. The number of benzene rings is 1. The standard InChI is InChI=1S/C19H24N4O2/c24-15-9-16(20-10-15)19(25)23-8-4-7-14(12-23)18-21-11-17(22-18)13-5-2-1-3-6-13/h1-3,5-6,11,14-16,20,24H,4,7-10,12H2,(H,21,22)/t14-,15-,16+/m1/s1. The summed E-state index contributed by atoms with van der Waals surface area (Å²) in [5, 5.41) is 12.8. The van der Waals surface area contributed by atoms with Crippen LogP contribution in [0.4, 0.5) is 0 Å². The Kier molecular flexibility index (Phi) is 4.55. The van der Waals surface area contributed by atoms with Crippen LogP contribution in [0.15, 0.2) is 36.5 Å². The van der Waals surface area contributed by atoms with Crippen molar-refractivity contribution in [2.45, 2.75) is 37.3 Å². The molecule has 6 heteroatoms. The number of piperidine rings is 1. The number of imidazole rings is 1. The number of likely N-dealkylation sites (tertiary alicyclic amines) is 1. The highest BCUT2D eigenvalue weighted by Crippen LogP contribution is 2.28. The summed E-state index contributed by atoms with van der Waals surface area (Å²) in [6.45, 7) is 1.98. The van der Waals surface area contributed by atoms with Gasteiger partial charge in [0.15, 0.2) is 0 Å². The lowest BCUT2D eigenvalue weighted by Gasteiger charge is -2.33. The molecule has 0 bridgehead atoms. The van der Waals surface area contributed by atoms with Gasteiger partial charge in [-0.05, 0) is 24.8 Å². The van der Waals surface area contributed by atoms with Crippen LogP contribution in [0.1, 0.15) is 31.0 Å². The number of aromatic nitrogens is 2. The largest absolute Gasteiger partial charge is 0.392 e. The van der Waals surface area contributed by atoms with Gasteiger partial charge in [0.1, 0.15) is 5.82 Å². The first-order valence-electron chi connectivity index (χ1n) is 9.01. The average molecular weight is 340 g/mol. The van der Waals surface area contributed by atoms with E-state index < -0.39 is 6.10 Å². The van der Waals surface area contributed by atoms with Crippen LogP contribution >= 0.6 is 0 Å². The molecule has 4 rings (SSSR count). The Morgan fingerprint density at radius 3 is 2.88 bits per heavy atom.